The molecule has 0 bridgehead atoms. The third-order valence-corrected chi connectivity index (χ3v) is 8.14. The van der Waals surface area contributed by atoms with Crippen LogP contribution in [0.3, 0.4) is 0 Å². The molecule has 1 saturated heterocycles. The second-order valence-electron chi connectivity index (χ2n) is 7.25. The third kappa shape index (κ3) is 3.90. The number of nitrogens with one attached hydrogen (secondary N) is 1. The molecule has 1 aliphatic rings. The van der Waals surface area contributed by atoms with Gasteiger partial charge in [-0.2, -0.15) is 4.31 Å². The molecule has 7 nitrogen and oxygen atoms in total. The molecule has 3 aromatic rings. The maximum Gasteiger partial charge on any atom is 0.307 e. The third-order valence-electron chi connectivity index (χ3n) is 5.27. The van der Waals surface area contributed by atoms with Gasteiger partial charge < -0.3 is 9.88 Å². The standard InChI is InChI=1S/C20H20FN3O4S2/c1-23-17-9-6-15(11-18(17)29-20(23)26)22-19(25)13-3-2-10-24(12-13)30(27,28)16-7-4-14(21)5-8-16/h4-9,11,13H,2-3,10,12H2,1H3,(H,22,25)/t13-/m0/s1. The molecule has 0 aliphatic carbocycles. The Morgan fingerprint density at radius 3 is 2.67 bits per heavy atom. The van der Waals surface area contributed by atoms with Crippen LogP contribution in [0.4, 0.5) is 10.1 Å². The largest absolute Gasteiger partial charge is 0.326 e. The second kappa shape index (κ2) is 7.93. The number of rotatable bonds is 4. The Kier molecular flexibility index (Phi) is 5.48. The number of anilines is 1. The number of hydrogen-bond donors (Lipinski definition) is 1. The lowest BCUT2D eigenvalue weighted by Gasteiger charge is -2.31. The number of fused-ring (bicyclic) bond motifs is 1. The zero-order valence-electron chi connectivity index (χ0n) is 16.2. The number of nitrogens with zero attached hydrogens (tertiary/aromatic N) is 2. The highest BCUT2D eigenvalue weighted by atomic mass is 32.2. The zero-order chi connectivity index (χ0) is 21.5. The van der Waals surface area contributed by atoms with Crippen molar-refractivity contribution in [1.29, 1.82) is 0 Å². The molecule has 0 unspecified atom stereocenters. The highest BCUT2D eigenvalue weighted by Crippen LogP contribution is 2.26. The SMILES string of the molecule is Cn1c(=O)sc2cc(NC(=O)[C@H]3CCCN(S(=O)(=O)c4ccc(F)cc4)C3)ccc21. The van der Waals surface area contributed by atoms with Gasteiger partial charge in [-0.1, -0.05) is 11.3 Å². The van der Waals surface area contributed by atoms with E-state index in [-0.39, 0.29) is 22.2 Å². The molecule has 1 amide bonds. The Balaban J connectivity index is 1.49. The molecule has 0 radical (unpaired) electrons. The van der Waals surface area contributed by atoms with E-state index in [1.807, 2.05) is 0 Å². The van der Waals surface area contributed by atoms with Crippen molar-refractivity contribution in [1.82, 2.24) is 8.87 Å². The topological polar surface area (TPSA) is 88.5 Å². The Morgan fingerprint density at radius 1 is 1.20 bits per heavy atom. The highest BCUT2D eigenvalue weighted by Gasteiger charge is 2.33. The van der Waals surface area contributed by atoms with E-state index in [2.05, 4.69) is 5.32 Å². The predicted molar refractivity (Wildman–Crippen MR) is 114 cm³/mol. The zero-order valence-corrected chi connectivity index (χ0v) is 17.8. The first-order valence-corrected chi connectivity index (χ1v) is 11.7. The Hall–Kier alpha value is -2.56. The summed E-state index contributed by atoms with van der Waals surface area (Å²) in [5.41, 5.74) is 1.35. The van der Waals surface area contributed by atoms with Gasteiger partial charge in [0.15, 0.2) is 0 Å². The summed E-state index contributed by atoms with van der Waals surface area (Å²) in [4.78, 5) is 24.5. The fraction of sp³-hybridized carbons (Fsp3) is 0.300. The maximum atomic E-state index is 13.1. The van der Waals surface area contributed by atoms with Gasteiger partial charge in [0, 0.05) is 25.8 Å². The molecule has 30 heavy (non-hydrogen) atoms. The second-order valence-corrected chi connectivity index (χ2v) is 10.2. The summed E-state index contributed by atoms with van der Waals surface area (Å²) in [6, 6.07) is 9.92. The molecule has 2 heterocycles. The number of benzene rings is 2. The Labute approximate surface area is 176 Å². The van der Waals surface area contributed by atoms with Gasteiger partial charge in [0.1, 0.15) is 5.82 Å². The van der Waals surface area contributed by atoms with Crippen molar-refractivity contribution in [3.05, 3.63) is 57.9 Å². The van der Waals surface area contributed by atoms with Crippen LogP contribution in [0.15, 0.2) is 52.2 Å². The lowest BCUT2D eigenvalue weighted by molar-refractivity contribution is -0.120. The Morgan fingerprint density at radius 2 is 1.93 bits per heavy atom. The fourth-order valence-electron chi connectivity index (χ4n) is 3.59. The van der Waals surface area contributed by atoms with Crippen LogP contribution in [0.1, 0.15) is 12.8 Å². The van der Waals surface area contributed by atoms with E-state index in [4.69, 9.17) is 0 Å². The van der Waals surface area contributed by atoms with E-state index in [1.165, 1.54) is 16.4 Å². The first-order chi connectivity index (χ1) is 14.3. The van der Waals surface area contributed by atoms with Crippen molar-refractivity contribution in [2.45, 2.75) is 17.7 Å². The lowest BCUT2D eigenvalue weighted by atomic mass is 9.98. The van der Waals surface area contributed by atoms with E-state index in [1.54, 1.807) is 29.8 Å². The first-order valence-electron chi connectivity index (χ1n) is 9.42. The molecular weight excluding hydrogens is 429 g/mol. The van der Waals surface area contributed by atoms with Crippen LogP contribution in [-0.4, -0.2) is 36.3 Å². The molecule has 1 N–H and O–H groups in total. The number of amides is 1. The average Bonchev–Trinajstić information content (AvgIpc) is 3.01. The quantitative estimate of drug-likeness (QED) is 0.663. The summed E-state index contributed by atoms with van der Waals surface area (Å²) < 4.78 is 42.4. The van der Waals surface area contributed by atoms with E-state index in [0.717, 1.165) is 33.7 Å². The van der Waals surface area contributed by atoms with Gasteiger partial charge in [0.2, 0.25) is 15.9 Å². The molecule has 1 atom stereocenters. The average molecular weight is 450 g/mol. The number of halogens is 1. The van der Waals surface area contributed by atoms with Gasteiger partial charge in [0.05, 0.1) is 21.0 Å². The number of sulfonamides is 1. The summed E-state index contributed by atoms with van der Waals surface area (Å²) in [6.07, 6.45) is 1.13. The molecule has 2 aromatic carbocycles. The minimum atomic E-state index is -3.80. The van der Waals surface area contributed by atoms with Gasteiger partial charge in [-0.3, -0.25) is 9.59 Å². The van der Waals surface area contributed by atoms with Crippen LogP contribution >= 0.6 is 11.3 Å². The van der Waals surface area contributed by atoms with Crippen molar-refractivity contribution >= 4 is 43.2 Å². The first kappa shape index (κ1) is 20.7. The van der Waals surface area contributed by atoms with Gasteiger partial charge in [-0.15, -0.1) is 0 Å². The molecule has 158 valence electrons. The smallest absolute Gasteiger partial charge is 0.307 e. The van der Waals surface area contributed by atoms with E-state index in [9.17, 15) is 22.4 Å². The fourth-order valence-corrected chi connectivity index (χ4v) is 6.03. The van der Waals surface area contributed by atoms with Gasteiger partial charge in [-0.05, 0) is 55.3 Å². The Bertz CT molecular complexity index is 1270. The number of carbonyl (C=O) groups is 1. The van der Waals surface area contributed by atoms with Crippen LogP contribution in [0.25, 0.3) is 10.2 Å². The summed E-state index contributed by atoms with van der Waals surface area (Å²) >= 11 is 1.10. The lowest BCUT2D eigenvalue weighted by Crippen LogP contribution is -2.43. The molecule has 10 heteroatoms. The molecule has 1 aliphatic heterocycles. The summed E-state index contributed by atoms with van der Waals surface area (Å²) in [7, 11) is -2.11. The normalized spacial score (nSPS) is 17.9. The monoisotopic (exact) mass is 449 g/mol. The molecule has 1 aromatic heterocycles. The molecular formula is C20H20FN3O4S2. The highest BCUT2D eigenvalue weighted by molar-refractivity contribution is 7.89. The number of aromatic nitrogens is 1. The van der Waals surface area contributed by atoms with Crippen molar-refractivity contribution < 1.29 is 17.6 Å². The van der Waals surface area contributed by atoms with Crippen molar-refractivity contribution in [2.24, 2.45) is 13.0 Å². The van der Waals surface area contributed by atoms with E-state index >= 15 is 0 Å². The van der Waals surface area contributed by atoms with Crippen molar-refractivity contribution in [2.75, 3.05) is 18.4 Å². The minimum Gasteiger partial charge on any atom is -0.326 e. The van der Waals surface area contributed by atoms with Crippen molar-refractivity contribution in [3.63, 3.8) is 0 Å². The number of carbonyl (C=O) groups excluding carboxylic acids is 1. The van der Waals surface area contributed by atoms with Crippen LogP contribution in [0.5, 0.6) is 0 Å². The number of piperidine rings is 1. The number of hydrogen-bond acceptors (Lipinski definition) is 5. The van der Waals surface area contributed by atoms with Crippen LogP contribution in [-0.2, 0) is 21.9 Å². The van der Waals surface area contributed by atoms with Gasteiger partial charge in [-0.25, -0.2) is 12.8 Å². The molecule has 0 spiro atoms. The van der Waals surface area contributed by atoms with Crippen molar-refractivity contribution in [3.8, 4) is 0 Å². The molecule has 0 saturated carbocycles. The maximum absolute atomic E-state index is 13.1. The number of aryl methyl sites for hydroxylation is 1. The predicted octanol–water partition coefficient (Wildman–Crippen LogP) is 2.78. The number of thiazole rings is 1. The minimum absolute atomic E-state index is 0.00870. The summed E-state index contributed by atoms with van der Waals surface area (Å²) in [6.45, 7) is 0.375. The molecule has 4 rings (SSSR count). The van der Waals surface area contributed by atoms with E-state index < -0.39 is 21.8 Å². The van der Waals surface area contributed by atoms with Gasteiger partial charge >= 0.3 is 4.87 Å². The van der Waals surface area contributed by atoms with Crippen LogP contribution < -0.4 is 10.2 Å². The van der Waals surface area contributed by atoms with Gasteiger partial charge in [0.25, 0.3) is 0 Å². The molecule has 1 fully saturated rings. The summed E-state index contributed by atoms with van der Waals surface area (Å²) in [5.74, 6) is -1.28. The summed E-state index contributed by atoms with van der Waals surface area (Å²) in [5, 5.41) is 2.84. The van der Waals surface area contributed by atoms with Crippen LogP contribution in [0, 0.1) is 11.7 Å². The van der Waals surface area contributed by atoms with Crippen LogP contribution in [0.2, 0.25) is 0 Å². The van der Waals surface area contributed by atoms with E-state index in [0.29, 0.717) is 25.1 Å².